The van der Waals surface area contributed by atoms with E-state index in [0.29, 0.717) is 6.54 Å². The van der Waals surface area contributed by atoms with Gasteiger partial charge in [0.05, 0.1) is 6.54 Å². The van der Waals surface area contributed by atoms with Gasteiger partial charge in [-0.25, -0.2) is 0 Å². The molecule has 0 unspecified atom stereocenters. The minimum absolute atomic E-state index is 0.116. The number of nitrogens with one attached hydrogen (secondary N) is 1. The summed E-state index contributed by atoms with van der Waals surface area (Å²) < 4.78 is 0. The highest BCUT2D eigenvalue weighted by atomic mass is 16.1. The molecule has 1 aromatic rings. The van der Waals surface area contributed by atoms with Gasteiger partial charge >= 0.3 is 0 Å². The molecule has 0 aliphatic rings. The van der Waals surface area contributed by atoms with Crippen molar-refractivity contribution in [3.05, 3.63) is 29.1 Å². The second-order valence-electron chi connectivity index (χ2n) is 3.02. The Labute approximate surface area is 78.2 Å². The van der Waals surface area contributed by atoms with Crippen LogP contribution in [0.25, 0.3) is 0 Å². The third kappa shape index (κ3) is 2.12. The fourth-order valence-corrected chi connectivity index (χ4v) is 1.20. The van der Waals surface area contributed by atoms with E-state index in [1.54, 1.807) is 19.3 Å². The number of hydrogen-bond donors (Lipinski definition) is 1. The molecule has 1 N–H and O–H groups in total. The van der Waals surface area contributed by atoms with Crippen molar-refractivity contribution in [3.8, 4) is 0 Å². The van der Waals surface area contributed by atoms with E-state index in [4.69, 9.17) is 0 Å². The molecular weight excluding hydrogens is 164 g/mol. The first-order valence-electron chi connectivity index (χ1n) is 4.27. The van der Waals surface area contributed by atoms with Crippen LogP contribution in [0, 0.1) is 13.8 Å². The van der Waals surface area contributed by atoms with Crippen molar-refractivity contribution >= 4 is 5.78 Å². The molecule has 0 bridgehead atoms. The minimum Gasteiger partial charge on any atom is -0.313 e. The van der Waals surface area contributed by atoms with Gasteiger partial charge in [-0.1, -0.05) is 0 Å². The minimum atomic E-state index is 0.116. The summed E-state index contributed by atoms with van der Waals surface area (Å²) in [6, 6.07) is 1.77. The average molecular weight is 178 g/mol. The molecule has 1 aromatic heterocycles. The van der Waals surface area contributed by atoms with Crippen LogP contribution in [0.1, 0.15) is 21.6 Å². The second kappa shape index (κ2) is 4.14. The predicted molar refractivity (Wildman–Crippen MR) is 52.0 cm³/mol. The van der Waals surface area contributed by atoms with Gasteiger partial charge < -0.3 is 5.32 Å². The fraction of sp³-hybridized carbons (Fsp3) is 0.400. The van der Waals surface area contributed by atoms with Gasteiger partial charge in [-0.3, -0.25) is 9.78 Å². The topological polar surface area (TPSA) is 42.0 Å². The van der Waals surface area contributed by atoms with Gasteiger partial charge in [-0.05, 0) is 32.5 Å². The first-order valence-corrected chi connectivity index (χ1v) is 4.27. The van der Waals surface area contributed by atoms with Crippen molar-refractivity contribution in [2.45, 2.75) is 13.8 Å². The van der Waals surface area contributed by atoms with Gasteiger partial charge in [-0.2, -0.15) is 0 Å². The van der Waals surface area contributed by atoms with E-state index in [9.17, 15) is 4.79 Å². The molecule has 0 aliphatic heterocycles. The normalized spacial score (nSPS) is 10.1. The van der Waals surface area contributed by atoms with Crippen LogP contribution in [-0.2, 0) is 0 Å². The highest BCUT2D eigenvalue weighted by Crippen LogP contribution is 2.10. The maximum absolute atomic E-state index is 11.5. The second-order valence-corrected chi connectivity index (χ2v) is 3.02. The summed E-state index contributed by atoms with van der Waals surface area (Å²) in [6.07, 6.45) is 1.67. The van der Waals surface area contributed by atoms with Crippen LogP contribution < -0.4 is 5.32 Å². The van der Waals surface area contributed by atoms with Gasteiger partial charge in [0.2, 0.25) is 0 Å². The molecule has 3 nitrogen and oxygen atoms in total. The highest BCUT2D eigenvalue weighted by molar-refractivity contribution is 5.98. The van der Waals surface area contributed by atoms with Crippen LogP contribution in [0.5, 0.6) is 0 Å². The Morgan fingerprint density at radius 1 is 1.54 bits per heavy atom. The van der Waals surface area contributed by atoms with Crippen molar-refractivity contribution < 1.29 is 4.79 Å². The summed E-state index contributed by atoms with van der Waals surface area (Å²) in [6.45, 7) is 4.21. The van der Waals surface area contributed by atoms with E-state index in [0.717, 1.165) is 16.8 Å². The number of rotatable bonds is 3. The van der Waals surface area contributed by atoms with E-state index in [1.807, 2.05) is 13.8 Å². The molecule has 0 atom stereocenters. The summed E-state index contributed by atoms with van der Waals surface area (Å²) in [5.41, 5.74) is 2.66. The molecule has 13 heavy (non-hydrogen) atoms. The van der Waals surface area contributed by atoms with E-state index >= 15 is 0 Å². The molecular formula is C10H14N2O. The lowest BCUT2D eigenvalue weighted by Gasteiger charge is -2.05. The van der Waals surface area contributed by atoms with Crippen molar-refractivity contribution in [2.75, 3.05) is 13.6 Å². The molecule has 1 heterocycles. The zero-order valence-corrected chi connectivity index (χ0v) is 8.22. The Kier molecular flexibility index (Phi) is 3.14. The van der Waals surface area contributed by atoms with Gasteiger partial charge in [-0.15, -0.1) is 0 Å². The molecule has 0 aromatic carbocycles. The number of ketones is 1. The lowest BCUT2D eigenvalue weighted by molar-refractivity contribution is 0.0993. The maximum atomic E-state index is 11.5. The van der Waals surface area contributed by atoms with Crippen molar-refractivity contribution in [2.24, 2.45) is 0 Å². The molecule has 1 rings (SSSR count). The largest absolute Gasteiger partial charge is 0.313 e. The van der Waals surface area contributed by atoms with Crippen LogP contribution >= 0.6 is 0 Å². The molecule has 0 spiro atoms. The monoisotopic (exact) mass is 178 g/mol. The average Bonchev–Trinajstić information content (AvgIpc) is 2.10. The van der Waals surface area contributed by atoms with Crippen LogP contribution in [-0.4, -0.2) is 24.4 Å². The van der Waals surface area contributed by atoms with Crippen molar-refractivity contribution in [3.63, 3.8) is 0 Å². The molecule has 0 fully saturated rings. The maximum Gasteiger partial charge on any atom is 0.176 e. The number of nitrogens with zero attached hydrogens (tertiary/aromatic N) is 1. The van der Waals surface area contributed by atoms with Gasteiger partial charge in [0, 0.05) is 17.5 Å². The fourth-order valence-electron chi connectivity index (χ4n) is 1.20. The number of likely N-dealkylation sites (N-methyl/N-ethyl adjacent to an activating group) is 1. The SMILES string of the molecule is CNCC(=O)c1ccnc(C)c1C. The molecule has 0 aliphatic carbocycles. The van der Waals surface area contributed by atoms with E-state index in [2.05, 4.69) is 10.3 Å². The first-order chi connectivity index (χ1) is 6.16. The number of carbonyl (C=O) groups excluding carboxylic acids is 1. The Morgan fingerprint density at radius 2 is 2.23 bits per heavy atom. The van der Waals surface area contributed by atoms with E-state index in [1.165, 1.54) is 0 Å². The number of Topliss-reactive ketones (excluding diaryl/α,β-unsaturated/α-hetero) is 1. The number of hydrogen-bond acceptors (Lipinski definition) is 3. The van der Waals surface area contributed by atoms with Crippen molar-refractivity contribution in [1.82, 2.24) is 10.3 Å². The molecule has 0 amide bonds. The third-order valence-electron chi connectivity index (χ3n) is 2.09. The summed E-state index contributed by atoms with van der Waals surface area (Å²) in [5.74, 6) is 0.116. The summed E-state index contributed by atoms with van der Waals surface area (Å²) >= 11 is 0. The quantitative estimate of drug-likeness (QED) is 0.705. The summed E-state index contributed by atoms with van der Waals surface area (Å²) in [4.78, 5) is 15.6. The van der Waals surface area contributed by atoms with Crippen LogP contribution in [0.3, 0.4) is 0 Å². The summed E-state index contributed by atoms with van der Waals surface area (Å²) in [7, 11) is 1.77. The molecule has 0 saturated carbocycles. The Morgan fingerprint density at radius 3 is 2.85 bits per heavy atom. The van der Waals surface area contributed by atoms with E-state index < -0.39 is 0 Å². The lowest BCUT2D eigenvalue weighted by atomic mass is 10.0. The molecule has 0 radical (unpaired) electrons. The molecule has 3 heteroatoms. The Bertz CT molecular complexity index is 321. The van der Waals surface area contributed by atoms with E-state index in [-0.39, 0.29) is 5.78 Å². The Hall–Kier alpha value is -1.22. The zero-order valence-electron chi connectivity index (χ0n) is 8.22. The van der Waals surface area contributed by atoms with Crippen LogP contribution in [0.2, 0.25) is 0 Å². The Balaban J connectivity index is 3.01. The standard InChI is InChI=1S/C10H14N2O/c1-7-8(2)12-5-4-9(7)10(13)6-11-3/h4-5,11H,6H2,1-3H3. The molecule has 70 valence electrons. The first kappa shape index (κ1) is 9.86. The number of aromatic nitrogens is 1. The van der Waals surface area contributed by atoms with Gasteiger partial charge in [0.15, 0.2) is 5.78 Å². The smallest absolute Gasteiger partial charge is 0.176 e. The lowest BCUT2D eigenvalue weighted by Crippen LogP contribution is -2.19. The number of pyridine rings is 1. The van der Waals surface area contributed by atoms with Gasteiger partial charge in [0.1, 0.15) is 0 Å². The third-order valence-corrected chi connectivity index (χ3v) is 2.09. The van der Waals surface area contributed by atoms with Crippen molar-refractivity contribution in [1.29, 1.82) is 0 Å². The molecule has 0 saturated heterocycles. The number of aryl methyl sites for hydroxylation is 1. The van der Waals surface area contributed by atoms with Gasteiger partial charge in [0.25, 0.3) is 0 Å². The highest BCUT2D eigenvalue weighted by Gasteiger charge is 2.08. The zero-order chi connectivity index (χ0) is 9.84. The predicted octanol–water partition coefficient (Wildman–Crippen LogP) is 1.10. The van der Waals surface area contributed by atoms with Crippen LogP contribution in [0.4, 0.5) is 0 Å². The number of carbonyl (C=O) groups is 1. The van der Waals surface area contributed by atoms with Crippen LogP contribution in [0.15, 0.2) is 12.3 Å². The summed E-state index contributed by atoms with van der Waals surface area (Å²) in [5, 5.41) is 2.84.